The fraction of sp³-hybridized carbons (Fsp3) is 1.00. The van der Waals surface area contributed by atoms with E-state index in [9.17, 15) is 5.11 Å². The highest BCUT2D eigenvalue weighted by Gasteiger charge is 2.11. The summed E-state index contributed by atoms with van der Waals surface area (Å²) < 4.78 is 10.5. The van der Waals surface area contributed by atoms with Crippen LogP contribution >= 0.6 is 0 Å². The summed E-state index contributed by atoms with van der Waals surface area (Å²) in [6, 6.07) is 0. The van der Waals surface area contributed by atoms with Gasteiger partial charge >= 0.3 is 0 Å². The first-order chi connectivity index (χ1) is 6.72. The van der Waals surface area contributed by atoms with Gasteiger partial charge in [0, 0.05) is 6.61 Å². The number of rotatable bonds is 9. The zero-order chi connectivity index (χ0) is 10.8. The van der Waals surface area contributed by atoms with Crippen molar-refractivity contribution in [3.63, 3.8) is 0 Å². The molecular formula is C11H24O3. The van der Waals surface area contributed by atoms with Gasteiger partial charge in [0.05, 0.1) is 25.9 Å². The number of hydrogen-bond acceptors (Lipinski definition) is 3. The molecule has 0 amide bonds. The number of hydrogen-bond donors (Lipinski definition) is 1. The van der Waals surface area contributed by atoms with Crippen LogP contribution in [0.1, 0.15) is 33.6 Å². The number of aliphatic hydroxyl groups excluding tert-OH is 1. The molecule has 0 saturated heterocycles. The van der Waals surface area contributed by atoms with E-state index < -0.39 is 0 Å². The first kappa shape index (κ1) is 13.9. The third kappa shape index (κ3) is 7.30. The van der Waals surface area contributed by atoms with E-state index in [4.69, 9.17) is 9.47 Å². The van der Waals surface area contributed by atoms with Crippen LogP contribution in [0, 0.1) is 5.92 Å². The van der Waals surface area contributed by atoms with Crippen LogP contribution in [-0.4, -0.2) is 37.6 Å². The lowest BCUT2D eigenvalue weighted by atomic mass is 10.0. The van der Waals surface area contributed by atoms with Crippen LogP contribution in [0.4, 0.5) is 0 Å². The van der Waals surface area contributed by atoms with Crippen LogP contribution < -0.4 is 0 Å². The van der Waals surface area contributed by atoms with Crippen LogP contribution in [0.2, 0.25) is 0 Å². The molecule has 14 heavy (non-hydrogen) atoms. The van der Waals surface area contributed by atoms with Crippen molar-refractivity contribution in [3.05, 3.63) is 0 Å². The molecule has 0 radical (unpaired) electrons. The van der Waals surface area contributed by atoms with Crippen molar-refractivity contribution < 1.29 is 14.6 Å². The maximum absolute atomic E-state index is 9.55. The van der Waals surface area contributed by atoms with E-state index >= 15 is 0 Å². The van der Waals surface area contributed by atoms with Crippen molar-refractivity contribution in [2.24, 2.45) is 5.92 Å². The van der Waals surface area contributed by atoms with Gasteiger partial charge in [0.2, 0.25) is 0 Å². The molecule has 0 spiro atoms. The zero-order valence-electron chi connectivity index (χ0n) is 9.66. The molecule has 0 aromatic carbocycles. The quantitative estimate of drug-likeness (QED) is 0.582. The van der Waals surface area contributed by atoms with E-state index in [2.05, 4.69) is 13.8 Å². The molecular weight excluding hydrogens is 180 g/mol. The zero-order valence-corrected chi connectivity index (χ0v) is 9.66. The molecule has 0 aliphatic rings. The molecule has 2 unspecified atom stereocenters. The molecule has 3 nitrogen and oxygen atoms in total. The molecule has 86 valence electrons. The first-order valence-corrected chi connectivity index (χ1v) is 5.55. The normalized spacial score (nSPS) is 15.4. The molecule has 0 bridgehead atoms. The van der Waals surface area contributed by atoms with Crippen LogP contribution in [0.5, 0.6) is 0 Å². The summed E-state index contributed by atoms with van der Waals surface area (Å²) >= 11 is 0. The van der Waals surface area contributed by atoms with Gasteiger partial charge in [-0.2, -0.15) is 0 Å². The largest absolute Gasteiger partial charge is 0.390 e. The second kappa shape index (κ2) is 9.44. The molecule has 1 N–H and O–H groups in total. The Balaban J connectivity index is 3.18. The second-order valence-corrected chi connectivity index (χ2v) is 3.64. The highest BCUT2D eigenvalue weighted by Crippen LogP contribution is 2.07. The summed E-state index contributed by atoms with van der Waals surface area (Å²) in [6.45, 7) is 8.59. The van der Waals surface area contributed by atoms with Gasteiger partial charge in [-0.15, -0.1) is 0 Å². The van der Waals surface area contributed by atoms with Crippen molar-refractivity contribution in [2.45, 2.75) is 39.7 Å². The molecule has 0 heterocycles. The maximum Gasteiger partial charge on any atom is 0.0799 e. The Hall–Kier alpha value is -0.120. The maximum atomic E-state index is 9.55. The van der Waals surface area contributed by atoms with Gasteiger partial charge in [-0.25, -0.2) is 0 Å². The van der Waals surface area contributed by atoms with Crippen molar-refractivity contribution >= 4 is 0 Å². The first-order valence-electron chi connectivity index (χ1n) is 5.55. The highest BCUT2D eigenvalue weighted by atomic mass is 16.5. The molecule has 0 aliphatic carbocycles. The summed E-state index contributed by atoms with van der Waals surface area (Å²) in [5.74, 6) is 0.312. The predicted octanol–water partition coefficient (Wildman–Crippen LogP) is 1.84. The standard InChI is InChI=1S/C11H24O3/c1-4-6-13-7-8-14-9-11(12)10(3)5-2/h10-12H,4-9H2,1-3H3. The summed E-state index contributed by atoms with van der Waals surface area (Å²) in [5, 5.41) is 9.55. The van der Waals surface area contributed by atoms with Gasteiger partial charge in [-0.3, -0.25) is 0 Å². The van der Waals surface area contributed by atoms with Crippen LogP contribution in [0.25, 0.3) is 0 Å². The van der Waals surface area contributed by atoms with E-state index in [1.54, 1.807) is 0 Å². The van der Waals surface area contributed by atoms with Crippen LogP contribution in [-0.2, 0) is 9.47 Å². The Kier molecular flexibility index (Phi) is 9.35. The highest BCUT2D eigenvalue weighted by molar-refractivity contribution is 4.61. The minimum Gasteiger partial charge on any atom is -0.390 e. The molecule has 0 aromatic heterocycles. The Morgan fingerprint density at radius 2 is 1.71 bits per heavy atom. The topological polar surface area (TPSA) is 38.7 Å². The van der Waals surface area contributed by atoms with Crippen LogP contribution in [0.15, 0.2) is 0 Å². The van der Waals surface area contributed by atoms with Crippen molar-refractivity contribution in [1.82, 2.24) is 0 Å². The Bertz CT molecular complexity index is 117. The lowest BCUT2D eigenvalue weighted by molar-refractivity contribution is -0.0144. The molecule has 0 fully saturated rings. The Morgan fingerprint density at radius 3 is 2.29 bits per heavy atom. The summed E-state index contributed by atoms with van der Waals surface area (Å²) in [7, 11) is 0. The fourth-order valence-corrected chi connectivity index (χ4v) is 1.00. The summed E-state index contributed by atoms with van der Waals surface area (Å²) in [4.78, 5) is 0. The molecule has 2 atom stereocenters. The third-order valence-electron chi connectivity index (χ3n) is 2.31. The van der Waals surface area contributed by atoms with E-state index in [0.717, 1.165) is 19.4 Å². The monoisotopic (exact) mass is 204 g/mol. The van der Waals surface area contributed by atoms with E-state index in [1.807, 2.05) is 6.92 Å². The van der Waals surface area contributed by atoms with Crippen molar-refractivity contribution in [3.8, 4) is 0 Å². The SMILES string of the molecule is CCCOCCOCC(O)C(C)CC. The fourth-order valence-electron chi connectivity index (χ4n) is 1.00. The van der Waals surface area contributed by atoms with Gasteiger partial charge in [0.15, 0.2) is 0 Å². The van der Waals surface area contributed by atoms with E-state index in [1.165, 1.54) is 0 Å². The summed E-state index contributed by atoms with van der Waals surface area (Å²) in [5.41, 5.74) is 0. The molecule has 0 rings (SSSR count). The van der Waals surface area contributed by atoms with Gasteiger partial charge in [0.1, 0.15) is 0 Å². The lowest BCUT2D eigenvalue weighted by Crippen LogP contribution is -2.24. The molecule has 3 heteroatoms. The minimum atomic E-state index is -0.342. The second-order valence-electron chi connectivity index (χ2n) is 3.64. The molecule has 0 aromatic rings. The molecule has 0 aliphatic heterocycles. The van der Waals surface area contributed by atoms with Crippen LogP contribution in [0.3, 0.4) is 0 Å². The smallest absolute Gasteiger partial charge is 0.0799 e. The minimum absolute atomic E-state index is 0.312. The summed E-state index contributed by atoms with van der Waals surface area (Å²) in [6.07, 6.45) is 1.68. The van der Waals surface area contributed by atoms with Gasteiger partial charge in [0.25, 0.3) is 0 Å². The average molecular weight is 204 g/mol. The van der Waals surface area contributed by atoms with Gasteiger partial charge in [-0.1, -0.05) is 27.2 Å². The lowest BCUT2D eigenvalue weighted by Gasteiger charge is -2.16. The number of aliphatic hydroxyl groups is 1. The number of ether oxygens (including phenoxy) is 2. The Labute approximate surface area is 87.4 Å². The average Bonchev–Trinajstić information content (AvgIpc) is 2.21. The van der Waals surface area contributed by atoms with Crippen molar-refractivity contribution in [2.75, 3.05) is 26.4 Å². The third-order valence-corrected chi connectivity index (χ3v) is 2.31. The molecule has 0 saturated carbocycles. The van der Waals surface area contributed by atoms with E-state index in [0.29, 0.717) is 25.7 Å². The Morgan fingerprint density at radius 1 is 1.07 bits per heavy atom. The van der Waals surface area contributed by atoms with Gasteiger partial charge < -0.3 is 14.6 Å². The predicted molar refractivity (Wildman–Crippen MR) is 57.4 cm³/mol. The van der Waals surface area contributed by atoms with E-state index in [-0.39, 0.29) is 6.10 Å². The van der Waals surface area contributed by atoms with Gasteiger partial charge in [-0.05, 0) is 12.3 Å². The van der Waals surface area contributed by atoms with Crippen molar-refractivity contribution in [1.29, 1.82) is 0 Å².